The van der Waals surface area contributed by atoms with Gasteiger partial charge in [-0.1, -0.05) is 59.1 Å². The lowest BCUT2D eigenvalue weighted by Crippen LogP contribution is -2.43. The molecule has 1 N–H and O–H groups in total. The Balaban J connectivity index is 1.31. The number of methoxy groups -OCH3 is 2. The molecule has 3 fully saturated rings. The van der Waals surface area contributed by atoms with Gasteiger partial charge in [-0.15, -0.1) is 0 Å². The van der Waals surface area contributed by atoms with Crippen LogP contribution in [0.2, 0.25) is 10.0 Å². The molecule has 3 aromatic carbocycles. The fraction of sp³-hybridized carbons (Fsp3) is 0.316. The fourth-order valence-electron chi connectivity index (χ4n) is 8.02. The second-order valence-electron chi connectivity index (χ2n) is 13.1. The highest BCUT2D eigenvalue weighted by molar-refractivity contribution is 6.33. The molecule has 9 nitrogen and oxygen atoms in total. The number of ether oxygens (including phenoxy) is 2. The Morgan fingerprint density at radius 2 is 1.27 bits per heavy atom. The van der Waals surface area contributed by atoms with Gasteiger partial charge in [0.1, 0.15) is 0 Å². The summed E-state index contributed by atoms with van der Waals surface area (Å²) in [6.45, 7) is 3.69. The molecule has 0 bridgehead atoms. The summed E-state index contributed by atoms with van der Waals surface area (Å²) in [7, 11) is 2.87. The van der Waals surface area contributed by atoms with E-state index in [0.29, 0.717) is 33.4 Å². The number of carbonyl (C=O) groups excluding carboxylic acids is 4. The smallest absolute Gasteiger partial charge is 0.238 e. The SMILES string of the molecule is COc1cc(C=C[C@H]2C3=CC[C@@H]4C(=O)N(c5ccc(C)c(Cl)c5)C(=O)[C@@H]4[C@@H]3C[C@H]3C(=O)N(c4ccc(C)c(Cl)c4)C(=O)[C@@H]23)cc(OC)c1O. The Labute approximate surface area is 293 Å². The molecule has 0 aromatic heterocycles. The van der Waals surface area contributed by atoms with Gasteiger partial charge >= 0.3 is 0 Å². The summed E-state index contributed by atoms with van der Waals surface area (Å²) in [6.07, 6.45) is 6.21. The van der Waals surface area contributed by atoms with Crippen LogP contribution >= 0.6 is 23.2 Å². The number of amides is 4. The van der Waals surface area contributed by atoms with Crippen molar-refractivity contribution in [2.24, 2.45) is 35.5 Å². The van der Waals surface area contributed by atoms with Gasteiger partial charge in [0.05, 0.1) is 49.3 Å². The monoisotopic (exact) mass is 700 g/mol. The molecular weight excluding hydrogens is 667 g/mol. The van der Waals surface area contributed by atoms with Crippen LogP contribution in [0.4, 0.5) is 11.4 Å². The summed E-state index contributed by atoms with van der Waals surface area (Å²) in [5, 5.41) is 11.3. The maximum Gasteiger partial charge on any atom is 0.238 e. The standard InChI is InChI=1S/C38H34Cl2N2O7/c1-18-5-8-21(15-28(18)39)41-35(44)25-12-11-23-24(10-7-20-13-30(48-3)34(43)31(14-20)49-4)32-27(17-26(23)33(25)38(41)47)36(45)42(37(32)46)22-9-6-19(2)29(40)16-22/h5-11,13-16,24-27,32-33,43H,12,17H2,1-4H3/t24-,25-,26+,27+,32-,33-/m0/s1. The minimum Gasteiger partial charge on any atom is -0.502 e. The first kappa shape index (κ1) is 32.9. The van der Waals surface area contributed by atoms with Gasteiger partial charge in [0.2, 0.25) is 29.4 Å². The zero-order valence-corrected chi connectivity index (χ0v) is 28.8. The number of nitrogens with zero attached hydrogens (tertiary/aromatic N) is 2. The van der Waals surface area contributed by atoms with Crippen LogP contribution in [0.1, 0.15) is 29.5 Å². The lowest BCUT2D eigenvalue weighted by Gasteiger charge is -2.42. The molecule has 252 valence electrons. The Hall–Kier alpha value is -4.60. The normalized spacial score (nSPS) is 26.2. The Morgan fingerprint density at radius 3 is 1.80 bits per heavy atom. The van der Waals surface area contributed by atoms with Crippen molar-refractivity contribution in [3.8, 4) is 17.2 Å². The third kappa shape index (κ3) is 5.22. The van der Waals surface area contributed by atoms with Crippen LogP contribution in [0.5, 0.6) is 17.2 Å². The minimum atomic E-state index is -0.747. The highest BCUT2D eigenvalue weighted by Crippen LogP contribution is 2.56. The quantitative estimate of drug-likeness (QED) is 0.219. The van der Waals surface area contributed by atoms with E-state index in [1.165, 1.54) is 24.0 Å². The van der Waals surface area contributed by atoms with Gasteiger partial charge in [0.15, 0.2) is 11.5 Å². The predicted octanol–water partition coefficient (Wildman–Crippen LogP) is 6.92. The van der Waals surface area contributed by atoms with Gasteiger partial charge in [0.25, 0.3) is 0 Å². The molecule has 7 rings (SSSR count). The van der Waals surface area contributed by atoms with E-state index in [0.717, 1.165) is 16.7 Å². The Morgan fingerprint density at radius 1 is 0.735 bits per heavy atom. The first-order valence-electron chi connectivity index (χ1n) is 16.1. The Kier molecular flexibility index (Phi) is 8.32. The van der Waals surface area contributed by atoms with Crippen molar-refractivity contribution >= 4 is 64.3 Å². The average molecular weight is 702 g/mol. The number of aryl methyl sites for hydroxylation is 2. The summed E-state index contributed by atoms with van der Waals surface area (Å²) in [5.41, 5.74) is 3.93. The second-order valence-corrected chi connectivity index (χ2v) is 13.9. The predicted molar refractivity (Wildman–Crippen MR) is 186 cm³/mol. The van der Waals surface area contributed by atoms with Gasteiger partial charge in [-0.05, 0) is 85.7 Å². The molecule has 6 atom stereocenters. The third-order valence-electron chi connectivity index (χ3n) is 10.5. The zero-order valence-electron chi connectivity index (χ0n) is 27.3. The number of aromatic hydroxyl groups is 1. The molecule has 2 aliphatic heterocycles. The largest absolute Gasteiger partial charge is 0.502 e. The first-order valence-corrected chi connectivity index (χ1v) is 16.8. The number of phenols is 1. The summed E-state index contributed by atoms with van der Waals surface area (Å²) < 4.78 is 10.7. The van der Waals surface area contributed by atoms with E-state index in [1.54, 1.807) is 54.6 Å². The highest BCUT2D eigenvalue weighted by Gasteiger charge is 2.61. The third-order valence-corrected chi connectivity index (χ3v) is 11.3. The number of allylic oxidation sites excluding steroid dienone is 3. The van der Waals surface area contributed by atoms with Crippen molar-refractivity contribution in [2.45, 2.75) is 26.7 Å². The van der Waals surface area contributed by atoms with E-state index in [4.69, 9.17) is 32.7 Å². The number of anilines is 2. The maximum absolute atomic E-state index is 14.3. The van der Waals surface area contributed by atoms with Crippen LogP contribution in [0.15, 0.2) is 66.3 Å². The van der Waals surface area contributed by atoms with Crippen LogP contribution in [0.3, 0.4) is 0 Å². The number of benzene rings is 3. The molecule has 0 spiro atoms. The van der Waals surface area contributed by atoms with Gasteiger partial charge < -0.3 is 14.6 Å². The molecule has 4 aliphatic rings. The van der Waals surface area contributed by atoms with Crippen molar-refractivity contribution < 1.29 is 33.8 Å². The lowest BCUT2D eigenvalue weighted by atomic mass is 9.58. The summed E-state index contributed by atoms with van der Waals surface area (Å²) in [5.74, 6) is -4.89. The van der Waals surface area contributed by atoms with Crippen LogP contribution < -0.4 is 19.3 Å². The fourth-order valence-corrected chi connectivity index (χ4v) is 8.37. The highest BCUT2D eigenvalue weighted by atomic mass is 35.5. The summed E-state index contributed by atoms with van der Waals surface area (Å²) in [6, 6.07) is 13.5. The van der Waals surface area contributed by atoms with E-state index in [9.17, 15) is 24.3 Å². The van der Waals surface area contributed by atoms with Gasteiger partial charge in [-0.25, -0.2) is 9.80 Å². The molecule has 2 heterocycles. The Bertz CT molecular complexity index is 1980. The summed E-state index contributed by atoms with van der Waals surface area (Å²) >= 11 is 12.8. The van der Waals surface area contributed by atoms with E-state index in [1.807, 2.05) is 26.0 Å². The molecule has 11 heteroatoms. The number of halogens is 2. The van der Waals surface area contributed by atoms with Gasteiger partial charge in [0, 0.05) is 16.0 Å². The molecule has 49 heavy (non-hydrogen) atoms. The summed E-state index contributed by atoms with van der Waals surface area (Å²) in [4.78, 5) is 59.1. The molecule has 0 radical (unpaired) electrons. The van der Waals surface area contributed by atoms with Crippen molar-refractivity contribution in [3.05, 3.63) is 93.0 Å². The number of hydrogen-bond acceptors (Lipinski definition) is 7. The van der Waals surface area contributed by atoms with Crippen molar-refractivity contribution in [1.29, 1.82) is 0 Å². The van der Waals surface area contributed by atoms with E-state index < -0.39 is 35.5 Å². The van der Waals surface area contributed by atoms with Gasteiger partial charge in [-0.3, -0.25) is 19.2 Å². The zero-order chi connectivity index (χ0) is 34.9. The van der Waals surface area contributed by atoms with E-state index in [2.05, 4.69) is 0 Å². The second kappa shape index (κ2) is 12.4. The topological polar surface area (TPSA) is 113 Å². The molecule has 2 aliphatic carbocycles. The van der Waals surface area contributed by atoms with Crippen LogP contribution in [-0.4, -0.2) is 43.0 Å². The number of imide groups is 2. The van der Waals surface area contributed by atoms with E-state index in [-0.39, 0.29) is 47.3 Å². The molecule has 0 unspecified atom stereocenters. The lowest BCUT2D eigenvalue weighted by molar-refractivity contribution is -0.126. The molecule has 1 saturated carbocycles. The minimum absolute atomic E-state index is 0.145. The van der Waals surface area contributed by atoms with Crippen molar-refractivity contribution in [1.82, 2.24) is 0 Å². The number of hydrogen-bond donors (Lipinski definition) is 1. The van der Waals surface area contributed by atoms with Crippen molar-refractivity contribution in [2.75, 3.05) is 24.0 Å². The molecular formula is C38H34Cl2N2O7. The molecule has 3 aromatic rings. The maximum atomic E-state index is 14.3. The van der Waals surface area contributed by atoms with Crippen LogP contribution in [-0.2, 0) is 19.2 Å². The van der Waals surface area contributed by atoms with Gasteiger partial charge in [-0.2, -0.15) is 0 Å². The molecule has 2 saturated heterocycles. The van der Waals surface area contributed by atoms with Crippen molar-refractivity contribution in [3.63, 3.8) is 0 Å². The first-order chi connectivity index (χ1) is 23.4. The number of phenolic OH excluding ortho intramolecular Hbond substituents is 1. The average Bonchev–Trinajstić information content (AvgIpc) is 3.49. The number of fused-ring (bicyclic) bond motifs is 4. The number of rotatable bonds is 6. The van der Waals surface area contributed by atoms with Crippen LogP contribution in [0.25, 0.3) is 6.08 Å². The van der Waals surface area contributed by atoms with Crippen LogP contribution in [0, 0.1) is 49.4 Å². The molecule has 4 amide bonds. The number of carbonyl (C=O) groups is 4. The van der Waals surface area contributed by atoms with E-state index >= 15 is 0 Å².